The highest BCUT2D eigenvalue weighted by molar-refractivity contribution is 6.31. The van der Waals surface area contributed by atoms with Gasteiger partial charge in [0.25, 0.3) is 11.8 Å². The van der Waals surface area contributed by atoms with E-state index in [1.165, 1.54) is 4.90 Å². The standard InChI is InChI=1S/C28H23ClN4O3/c1-28-24-21(20-10-3-5-12-23(20)31-24)13-14-32(28)27(36)33(26(28)35)19-9-6-8-17(15-19)25(34)30-16-18-7-2-4-11-22(18)29/h2-12,15,31H,13-14,16H2,1H3,(H,30,34). The first-order valence-electron chi connectivity index (χ1n) is 11.8. The molecule has 2 aliphatic heterocycles. The number of fused-ring (bicyclic) bond motifs is 5. The van der Waals surface area contributed by atoms with Gasteiger partial charge in [0.2, 0.25) is 0 Å². The number of rotatable bonds is 4. The number of nitrogens with zero attached hydrogens (tertiary/aromatic N) is 2. The Balaban J connectivity index is 1.31. The quantitative estimate of drug-likeness (QED) is 0.389. The first kappa shape index (κ1) is 22.4. The van der Waals surface area contributed by atoms with Gasteiger partial charge in [0.1, 0.15) is 0 Å². The first-order valence-corrected chi connectivity index (χ1v) is 12.2. The molecule has 3 heterocycles. The summed E-state index contributed by atoms with van der Waals surface area (Å²) < 4.78 is 0. The topological polar surface area (TPSA) is 85.5 Å². The number of aromatic amines is 1. The van der Waals surface area contributed by atoms with Crippen molar-refractivity contribution in [2.24, 2.45) is 0 Å². The van der Waals surface area contributed by atoms with E-state index in [0.717, 1.165) is 27.7 Å². The molecule has 2 N–H and O–H groups in total. The van der Waals surface area contributed by atoms with Crippen molar-refractivity contribution in [1.82, 2.24) is 15.2 Å². The van der Waals surface area contributed by atoms with Gasteiger partial charge in [-0.2, -0.15) is 0 Å². The molecule has 0 aliphatic carbocycles. The van der Waals surface area contributed by atoms with Gasteiger partial charge in [0, 0.05) is 34.6 Å². The second kappa shape index (κ2) is 8.24. The number of hydrogen-bond acceptors (Lipinski definition) is 3. The van der Waals surface area contributed by atoms with Crippen LogP contribution in [-0.4, -0.2) is 34.3 Å². The molecule has 1 saturated heterocycles. The highest BCUT2D eigenvalue weighted by Gasteiger charge is 2.59. The summed E-state index contributed by atoms with van der Waals surface area (Å²) in [6.07, 6.45) is 0.659. The minimum absolute atomic E-state index is 0.263. The number of aromatic nitrogens is 1. The van der Waals surface area contributed by atoms with Crippen LogP contribution in [0.4, 0.5) is 10.5 Å². The number of halogens is 1. The fourth-order valence-electron chi connectivity index (χ4n) is 5.33. The minimum atomic E-state index is -1.15. The van der Waals surface area contributed by atoms with E-state index in [9.17, 15) is 14.4 Å². The van der Waals surface area contributed by atoms with E-state index in [0.29, 0.717) is 29.2 Å². The summed E-state index contributed by atoms with van der Waals surface area (Å²) in [6.45, 7) is 2.49. The van der Waals surface area contributed by atoms with E-state index < -0.39 is 5.54 Å². The molecule has 4 aromatic rings. The van der Waals surface area contributed by atoms with Crippen molar-refractivity contribution in [3.8, 4) is 0 Å². The van der Waals surface area contributed by atoms with Crippen LogP contribution in [0.3, 0.4) is 0 Å². The molecule has 7 nitrogen and oxygen atoms in total. The summed E-state index contributed by atoms with van der Waals surface area (Å²) in [5.74, 6) is -0.661. The van der Waals surface area contributed by atoms with Crippen molar-refractivity contribution in [2.75, 3.05) is 11.4 Å². The van der Waals surface area contributed by atoms with Crippen molar-refractivity contribution in [1.29, 1.82) is 0 Å². The van der Waals surface area contributed by atoms with Crippen molar-refractivity contribution < 1.29 is 14.4 Å². The number of H-pyrrole nitrogens is 1. The second-order valence-electron chi connectivity index (χ2n) is 9.25. The maximum absolute atomic E-state index is 13.9. The van der Waals surface area contributed by atoms with Crippen LogP contribution in [0.2, 0.25) is 5.02 Å². The van der Waals surface area contributed by atoms with Crippen LogP contribution in [-0.2, 0) is 23.3 Å². The van der Waals surface area contributed by atoms with Crippen molar-refractivity contribution >= 4 is 46.0 Å². The third kappa shape index (κ3) is 3.23. The summed E-state index contributed by atoms with van der Waals surface area (Å²) >= 11 is 6.19. The number of carbonyl (C=O) groups excluding carboxylic acids is 3. The fraction of sp³-hybridized carbons (Fsp3) is 0.179. The highest BCUT2D eigenvalue weighted by atomic mass is 35.5. The average molecular weight is 499 g/mol. The van der Waals surface area contributed by atoms with Gasteiger partial charge in [-0.1, -0.05) is 54.1 Å². The number of amides is 4. The summed E-state index contributed by atoms with van der Waals surface area (Å²) in [5.41, 5.74) is 3.13. The van der Waals surface area contributed by atoms with Crippen LogP contribution >= 0.6 is 11.6 Å². The molecule has 0 saturated carbocycles. The smallest absolute Gasteiger partial charge is 0.332 e. The number of imide groups is 1. The summed E-state index contributed by atoms with van der Waals surface area (Å²) in [6, 6.07) is 21.4. The Bertz CT molecular complexity index is 1560. The molecule has 1 fully saturated rings. The molecule has 6 rings (SSSR count). The number of hydrogen-bond donors (Lipinski definition) is 2. The molecule has 3 aromatic carbocycles. The Hall–Kier alpha value is -4.10. The molecule has 1 atom stereocenters. The van der Waals surface area contributed by atoms with Gasteiger partial charge in [-0.05, 0) is 54.8 Å². The molecule has 0 spiro atoms. The molecule has 1 unspecified atom stereocenters. The number of urea groups is 1. The zero-order valence-electron chi connectivity index (χ0n) is 19.5. The third-order valence-corrected chi connectivity index (χ3v) is 7.60. The SMILES string of the molecule is CC12C(=O)N(c3cccc(C(=O)NCc4ccccc4Cl)c3)C(=O)N1CCc1c2[nH]c2ccccc12. The molecular weight excluding hydrogens is 476 g/mol. The van der Waals surface area contributed by atoms with E-state index in [1.54, 1.807) is 42.2 Å². The van der Waals surface area contributed by atoms with Gasteiger partial charge in [0.15, 0.2) is 5.54 Å². The molecule has 0 radical (unpaired) electrons. The van der Waals surface area contributed by atoms with Gasteiger partial charge in [-0.3, -0.25) is 9.59 Å². The Morgan fingerprint density at radius 2 is 1.83 bits per heavy atom. The maximum Gasteiger partial charge on any atom is 0.332 e. The van der Waals surface area contributed by atoms with E-state index in [-0.39, 0.29) is 24.4 Å². The Kier molecular flexibility index (Phi) is 5.12. The number of carbonyl (C=O) groups is 3. The van der Waals surface area contributed by atoms with Crippen molar-refractivity contribution in [3.63, 3.8) is 0 Å². The minimum Gasteiger partial charge on any atom is -0.356 e. The lowest BCUT2D eigenvalue weighted by molar-refractivity contribution is -0.125. The molecule has 1 aromatic heterocycles. The molecule has 8 heteroatoms. The summed E-state index contributed by atoms with van der Waals surface area (Å²) in [5, 5.41) is 4.50. The van der Waals surface area contributed by atoms with Crippen LogP contribution in [0.25, 0.3) is 10.9 Å². The van der Waals surface area contributed by atoms with Gasteiger partial charge in [0.05, 0.1) is 11.4 Å². The Morgan fingerprint density at radius 1 is 1.06 bits per heavy atom. The van der Waals surface area contributed by atoms with Crippen LogP contribution in [0.1, 0.15) is 34.1 Å². The predicted octanol–water partition coefficient (Wildman–Crippen LogP) is 4.99. The predicted molar refractivity (Wildman–Crippen MR) is 138 cm³/mol. The summed E-state index contributed by atoms with van der Waals surface area (Å²) in [4.78, 5) is 46.5. The number of anilines is 1. The fourth-order valence-corrected chi connectivity index (χ4v) is 5.53. The zero-order valence-corrected chi connectivity index (χ0v) is 20.3. The van der Waals surface area contributed by atoms with E-state index in [2.05, 4.69) is 10.3 Å². The van der Waals surface area contributed by atoms with Crippen LogP contribution in [0.5, 0.6) is 0 Å². The zero-order chi connectivity index (χ0) is 25.0. The number of para-hydroxylation sites is 1. The monoisotopic (exact) mass is 498 g/mol. The molecule has 4 amide bonds. The molecule has 36 heavy (non-hydrogen) atoms. The molecule has 2 aliphatic rings. The van der Waals surface area contributed by atoms with Gasteiger partial charge >= 0.3 is 6.03 Å². The molecular formula is C28H23ClN4O3. The maximum atomic E-state index is 13.9. The number of nitrogens with one attached hydrogen (secondary N) is 2. The Labute approximate surface area is 212 Å². The van der Waals surface area contributed by atoms with E-state index in [1.807, 2.05) is 42.5 Å². The lowest BCUT2D eigenvalue weighted by Gasteiger charge is -2.35. The summed E-state index contributed by atoms with van der Waals surface area (Å²) in [7, 11) is 0. The van der Waals surface area contributed by atoms with E-state index >= 15 is 0 Å². The second-order valence-corrected chi connectivity index (χ2v) is 9.65. The van der Waals surface area contributed by atoms with Gasteiger partial charge < -0.3 is 15.2 Å². The largest absolute Gasteiger partial charge is 0.356 e. The average Bonchev–Trinajstić information content (AvgIpc) is 3.37. The van der Waals surface area contributed by atoms with Crippen LogP contribution in [0.15, 0.2) is 72.8 Å². The molecule has 180 valence electrons. The lowest BCUT2D eigenvalue weighted by Crippen LogP contribution is -2.49. The van der Waals surface area contributed by atoms with Crippen molar-refractivity contribution in [2.45, 2.75) is 25.4 Å². The lowest BCUT2D eigenvalue weighted by atomic mass is 9.87. The van der Waals surface area contributed by atoms with Crippen molar-refractivity contribution in [3.05, 3.63) is 100 Å². The third-order valence-electron chi connectivity index (χ3n) is 7.23. The van der Waals surface area contributed by atoms with E-state index in [4.69, 9.17) is 11.6 Å². The van der Waals surface area contributed by atoms with Gasteiger partial charge in [-0.15, -0.1) is 0 Å². The van der Waals surface area contributed by atoms with Crippen LogP contribution in [0, 0.1) is 0 Å². The molecule has 0 bridgehead atoms. The van der Waals surface area contributed by atoms with Gasteiger partial charge in [-0.25, -0.2) is 9.69 Å². The highest BCUT2D eigenvalue weighted by Crippen LogP contribution is 2.45. The van der Waals surface area contributed by atoms with Crippen LogP contribution < -0.4 is 10.2 Å². The Morgan fingerprint density at radius 3 is 2.67 bits per heavy atom. The first-order chi connectivity index (χ1) is 17.4. The normalized spacial score (nSPS) is 18.9. The number of benzene rings is 3.